The normalized spacial score (nSPS) is 16.0. The molecule has 2 aromatic carbocycles. The van der Waals surface area contributed by atoms with Gasteiger partial charge in [0.1, 0.15) is 35.7 Å². The molecule has 8 nitrogen and oxygen atoms in total. The predicted octanol–water partition coefficient (Wildman–Crippen LogP) is 3.54. The van der Waals surface area contributed by atoms with Crippen LogP contribution in [0.25, 0.3) is 0 Å². The van der Waals surface area contributed by atoms with Crippen LogP contribution in [-0.4, -0.2) is 34.6 Å². The Morgan fingerprint density at radius 1 is 1.06 bits per heavy atom. The van der Waals surface area contributed by atoms with Crippen molar-refractivity contribution in [1.82, 2.24) is 15.3 Å². The van der Waals surface area contributed by atoms with Crippen LogP contribution in [0.5, 0.6) is 11.6 Å². The molecule has 4 rings (SSSR count). The highest BCUT2D eigenvalue weighted by molar-refractivity contribution is 5.54. The maximum absolute atomic E-state index is 11.1. The first kappa shape index (κ1) is 22.7. The first-order valence-corrected chi connectivity index (χ1v) is 11.1. The minimum Gasteiger partial charge on any atom is -0.458 e. The van der Waals surface area contributed by atoms with Crippen molar-refractivity contribution in [1.29, 1.82) is 0 Å². The number of aliphatic hydroxyl groups is 1. The van der Waals surface area contributed by atoms with Gasteiger partial charge in [0.05, 0.1) is 0 Å². The quantitative estimate of drug-likeness (QED) is 0.425. The zero-order chi connectivity index (χ0) is 23.0. The highest BCUT2D eigenvalue weighted by Crippen LogP contribution is 2.35. The molecule has 1 aliphatic rings. The lowest BCUT2D eigenvalue weighted by Crippen LogP contribution is -2.29. The van der Waals surface area contributed by atoms with Crippen LogP contribution in [0, 0.1) is 5.92 Å². The summed E-state index contributed by atoms with van der Waals surface area (Å²) in [6.45, 7) is 2.33. The number of anilines is 1. The number of ether oxygens (including phenoxy) is 2. The molecule has 1 aliphatic heterocycles. The number of carbonyl (C=O) groups excluding carboxylic acids is 1. The van der Waals surface area contributed by atoms with Gasteiger partial charge in [0.25, 0.3) is 6.47 Å². The van der Waals surface area contributed by atoms with Crippen LogP contribution in [0.15, 0.2) is 60.9 Å². The maximum atomic E-state index is 11.1. The van der Waals surface area contributed by atoms with Crippen LogP contribution >= 0.6 is 0 Å². The predicted molar refractivity (Wildman–Crippen MR) is 124 cm³/mol. The number of aliphatic hydroxyl groups excluding tert-OH is 1. The van der Waals surface area contributed by atoms with Gasteiger partial charge in [-0.3, -0.25) is 4.79 Å². The largest absolute Gasteiger partial charge is 0.458 e. The van der Waals surface area contributed by atoms with E-state index in [2.05, 4.69) is 15.3 Å². The van der Waals surface area contributed by atoms with E-state index in [0.29, 0.717) is 30.3 Å². The summed E-state index contributed by atoms with van der Waals surface area (Å²) in [5.41, 5.74) is 8.56. The summed E-state index contributed by atoms with van der Waals surface area (Å²) < 4.78 is 11.2. The molecule has 0 saturated carbocycles. The third kappa shape index (κ3) is 5.66. The lowest BCUT2D eigenvalue weighted by molar-refractivity contribution is -0.135. The number of nitrogens with two attached hydrogens (primary N) is 1. The molecule has 2 unspecified atom stereocenters. The number of hydrogen-bond acceptors (Lipinski definition) is 8. The molecular weight excluding hydrogens is 420 g/mol. The number of nitrogen functional groups attached to an aromatic ring is 1. The van der Waals surface area contributed by atoms with E-state index >= 15 is 0 Å². The van der Waals surface area contributed by atoms with Crippen LogP contribution < -0.4 is 15.8 Å². The van der Waals surface area contributed by atoms with Crippen molar-refractivity contribution >= 4 is 12.2 Å². The molecule has 0 amide bonds. The molecule has 0 spiro atoms. The van der Waals surface area contributed by atoms with E-state index in [-0.39, 0.29) is 11.6 Å². The van der Waals surface area contributed by atoms with Gasteiger partial charge in [-0.15, -0.1) is 0 Å². The van der Waals surface area contributed by atoms with Crippen molar-refractivity contribution in [3.8, 4) is 11.6 Å². The molecule has 0 bridgehead atoms. The summed E-state index contributed by atoms with van der Waals surface area (Å²) in [6.07, 6.45) is 2.74. The van der Waals surface area contributed by atoms with E-state index in [1.54, 1.807) is 24.3 Å². The van der Waals surface area contributed by atoms with Crippen molar-refractivity contribution in [3.63, 3.8) is 0 Å². The Bertz CT molecular complexity index is 1040. The SMILES string of the molecule is Nc1c(Oc2ccc(C(O)c3ccccc3)cc2)ncnc1C(CC1CCNCC1)OC=O. The molecule has 1 fully saturated rings. The fourth-order valence-electron chi connectivity index (χ4n) is 4.11. The molecule has 33 heavy (non-hydrogen) atoms. The van der Waals surface area contributed by atoms with Gasteiger partial charge in [0.15, 0.2) is 0 Å². The van der Waals surface area contributed by atoms with Crippen LogP contribution in [0.2, 0.25) is 0 Å². The van der Waals surface area contributed by atoms with Crippen LogP contribution in [0.4, 0.5) is 5.69 Å². The van der Waals surface area contributed by atoms with Crippen molar-refractivity contribution in [2.45, 2.75) is 31.5 Å². The van der Waals surface area contributed by atoms with Gasteiger partial charge in [-0.05, 0) is 61.5 Å². The van der Waals surface area contributed by atoms with Gasteiger partial charge < -0.3 is 25.6 Å². The number of benzene rings is 2. The van der Waals surface area contributed by atoms with Gasteiger partial charge in [-0.25, -0.2) is 4.98 Å². The molecule has 0 aliphatic carbocycles. The lowest BCUT2D eigenvalue weighted by atomic mass is 9.90. The first-order chi connectivity index (χ1) is 16.2. The Labute approximate surface area is 192 Å². The minimum absolute atomic E-state index is 0.196. The first-order valence-electron chi connectivity index (χ1n) is 11.1. The summed E-state index contributed by atoms with van der Waals surface area (Å²) in [7, 11) is 0. The summed E-state index contributed by atoms with van der Waals surface area (Å²) >= 11 is 0. The van der Waals surface area contributed by atoms with Crippen LogP contribution in [0.3, 0.4) is 0 Å². The van der Waals surface area contributed by atoms with Crippen molar-refractivity contribution in [2.24, 2.45) is 5.92 Å². The Kier molecular flexibility index (Phi) is 7.49. The highest BCUT2D eigenvalue weighted by atomic mass is 16.5. The van der Waals surface area contributed by atoms with Crippen molar-refractivity contribution < 1.29 is 19.4 Å². The number of rotatable bonds is 9. The molecule has 4 N–H and O–H groups in total. The number of hydrogen-bond donors (Lipinski definition) is 3. The number of aromatic nitrogens is 2. The van der Waals surface area contributed by atoms with Crippen molar-refractivity contribution in [2.75, 3.05) is 18.8 Å². The molecule has 8 heteroatoms. The second kappa shape index (κ2) is 10.9. The average molecular weight is 449 g/mol. The van der Waals surface area contributed by atoms with Crippen molar-refractivity contribution in [3.05, 3.63) is 77.7 Å². The number of nitrogens with zero attached hydrogens (tertiary/aromatic N) is 2. The van der Waals surface area contributed by atoms with Gasteiger partial charge in [-0.2, -0.15) is 4.98 Å². The molecule has 1 saturated heterocycles. The zero-order valence-corrected chi connectivity index (χ0v) is 18.3. The third-order valence-corrected chi connectivity index (χ3v) is 5.93. The van der Waals surface area contributed by atoms with Gasteiger partial charge in [0.2, 0.25) is 5.88 Å². The molecule has 1 aromatic heterocycles. The minimum atomic E-state index is -0.729. The number of nitrogens with one attached hydrogen (secondary N) is 1. The molecular formula is C25H28N4O4. The topological polar surface area (TPSA) is 120 Å². The van der Waals surface area contributed by atoms with Gasteiger partial charge in [-0.1, -0.05) is 42.5 Å². The van der Waals surface area contributed by atoms with E-state index < -0.39 is 12.2 Å². The van der Waals surface area contributed by atoms with Gasteiger partial charge >= 0.3 is 0 Å². The summed E-state index contributed by atoms with van der Waals surface area (Å²) in [6, 6.07) is 16.5. The maximum Gasteiger partial charge on any atom is 0.293 e. The summed E-state index contributed by atoms with van der Waals surface area (Å²) in [5, 5.41) is 13.9. The van der Waals surface area contributed by atoms with E-state index in [0.717, 1.165) is 37.1 Å². The highest BCUT2D eigenvalue weighted by Gasteiger charge is 2.26. The Morgan fingerprint density at radius 3 is 2.45 bits per heavy atom. The monoisotopic (exact) mass is 448 g/mol. The molecule has 2 atom stereocenters. The van der Waals surface area contributed by atoms with E-state index in [1.807, 2.05) is 30.3 Å². The van der Waals surface area contributed by atoms with E-state index in [1.165, 1.54) is 6.33 Å². The third-order valence-electron chi connectivity index (χ3n) is 5.93. The Balaban J connectivity index is 1.49. The Morgan fingerprint density at radius 2 is 1.76 bits per heavy atom. The average Bonchev–Trinajstić information content (AvgIpc) is 2.86. The Hall–Kier alpha value is -3.49. The fourth-order valence-corrected chi connectivity index (χ4v) is 4.11. The summed E-state index contributed by atoms with van der Waals surface area (Å²) in [5.74, 6) is 1.13. The lowest BCUT2D eigenvalue weighted by Gasteiger charge is -2.26. The molecule has 3 aromatic rings. The van der Waals surface area contributed by atoms with Crippen LogP contribution in [-0.2, 0) is 9.53 Å². The van der Waals surface area contributed by atoms with Gasteiger partial charge in [0, 0.05) is 0 Å². The molecule has 172 valence electrons. The standard InChI is InChI=1S/C25H28N4O4/c26-22-23(21(32-16-30)14-17-10-12-27-13-11-17)28-15-29-25(22)33-20-8-6-19(7-9-20)24(31)18-4-2-1-3-5-18/h1-9,15-17,21,24,27,31H,10-14,26H2. The second-order valence-corrected chi connectivity index (χ2v) is 8.11. The second-order valence-electron chi connectivity index (χ2n) is 8.11. The van der Waals surface area contributed by atoms with E-state index in [9.17, 15) is 9.90 Å². The molecule has 0 radical (unpaired) electrons. The smallest absolute Gasteiger partial charge is 0.293 e. The fraction of sp³-hybridized carbons (Fsp3) is 0.320. The zero-order valence-electron chi connectivity index (χ0n) is 18.3. The number of carbonyl (C=O) groups is 1. The number of piperidine rings is 1. The summed E-state index contributed by atoms with van der Waals surface area (Å²) in [4.78, 5) is 19.6. The van der Waals surface area contributed by atoms with Crippen LogP contribution in [0.1, 0.15) is 48.3 Å². The molecule has 2 heterocycles. The van der Waals surface area contributed by atoms with E-state index in [4.69, 9.17) is 15.2 Å².